The van der Waals surface area contributed by atoms with Gasteiger partial charge in [0, 0.05) is 25.0 Å². The molecule has 0 saturated carbocycles. The Morgan fingerprint density at radius 2 is 2.05 bits per heavy atom. The number of carbonyl (C=O) groups is 1. The van der Waals surface area contributed by atoms with E-state index in [0.29, 0.717) is 5.69 Å². The van der Waals surface area contributed by atoms with Gasteiger partial charge in [0.05, 0.1) is 0 Å². The maximum atomic E-state index is 12.5. The highest BCUT2D eigenvalue weighted by molar-refractivity contribution is 6.00. The van der Waals surface area contributed by atoms with Crippen LogP contribution in [0.2, 0.25) is 0 Å². The minimum Gasteiger partial charge on any atom is -0.370 e. The molecule has 1 aromatic carbocycles. The first kappa shape index (κ1) is 15.3. The van der Waals surface area contributed by atoms with Crippen LogP contribution in [0.4, 0.5) is 5.82 Å². The van der Waals surface area contributed by atoms with E-state index in [2.05, 4.69) is 17.2 Å². The van der Waals surface area contributed by atoms with Crippen LogP contribution in [0.3, 0.4) is 0 Å². The summed E-state index contributed by atoms with van der Waals surface area (Å²) < 4.78 is 0. The van der Waals surface area contributed by atoms with Crippen molar-refractivity contribution in [3.63, 3.8) is 0 Å². The fraction of sp³-hybridized carbons (Fsp3) is 0.412. The number of fused-ring (bicyclic) bond motifs is 1. The lowest BCUT2D eigenvalue weighted by Gasteiger charge is -2.21. The number of nitrogens with one attached hydrogen (secondary N) is 1. The molecule has 4 nitrogen and oxygen atoms in total. The van der Waals surface area contributed by atoms with Crippen molar-refractivity contribution >= 4 is 22.5 Å². The molecule has 0 aliphatic carbocycles. The van der Waals surface area contributed by atoms with Crippen molar-refractivity contribution in [2.45, 2.75) is 33.2 Å². The summed E-state index contributed by atoms with van der Waals surface area (Å²) in [6.07, 6.45) is 1.01. The Kier molecular flexibility index (Phi) is 4.78. The van der Waals surface area contributed by atoms with Crippen molar-refractivity contribution in [2.75, 3.05) is 18.9 Å². The Morgan fingerprint density at radius 1 is 1.33 bits per heavy atom. The van der Waals surface area contributed by atoms with Gasteiger partial charge in [0.25, 0.3) is 5.91 Å². The summed E-state index contributed by atoms with van der Waals surface area (Å²) in [4.78, 5) is 18.7. The molecular weight excluding hydrogens is 262 g/mol. The van der Waals surface area contributed by atoms with Crippen molar-refractivity contribution in [3.8, 4) is 0 Å². The second kappa shape index (κ2) is 6.57. The average molecular weight is 285 g/mol. The Hall–Kier alpha value is -2.10. The highest BCUT2D eigenvalue weighted by Crippen LogP contribution is 2.23. The monoisotopic (exact) mass is 285 g/mol. The smallest absolute Gasteiger partial charge is 0.272 e. The minimum absolute atomic E-state index is 0.0460. The van der Waals surface area contributed by atoms with Crippen LogP contribution in [0.25, 0.3) is 10.8 Å². The van der Waals surface area contributed by atoms with Crippen LogP contribution in [0, 0.1) is 0 Å². The number of nitrogens with zero attached hydrogens (tertiary/aromatic N) is 2. The third-order valence-corrected chi connectivity index (χ3v) is 3.60. The quantitative estimate of drug-likeness (QED) is 0.914. The molecule has 0 bridgehead atoms. The summed E-state index contributed by atoms with van der Waals surface area (Å²) in [5.74, 6) is 0.741. The van der Waals surface area contributed by atoms with Crippen LogP contribution in [-0.4, -0.2) is 35.4 Å². The van der Waals surface area contributed by atoms with Crippen LogP contribution >= 0.6 is 0 Å². The SMILES string of the molecule is CCCNc1nc(C(=O)N(C)C(C)C)cc2ccccc12. The Labute approximate surface area is 126 Å². The molecule has 0 aliphatic rings. The average Bonchev–Trinajstić information content (AvgIpc) is 2.50. The van der Waals surface area contributed by atoms with Gasteiger partial charge in [0.15, 0.2) is 0 Å². The fourth-order valence-electron chi connectivity index (χ4n) is 2.10. The fourth-order valence-corrected chi connectivity index (χ4v) is 2.10. The van der Waals surface area contributed by atoms with Gasteiger partial charge < -0.3 is 10.2 Å². The molecule has 4 heteroatoms. The third kappa shape index (κ3) is 3.32. The van der Waals surface area contributed by atoms with Crippen LogP contribution < -0.4 is 5.32 Å². The molecule has 1 heterocycles. The molecule has 1 amide bonds. The van der Waals surface area contributed by atoms with E-state index in [-0.39, 0.29) is 11.9 Å². The van der Waals surface area contributed by atoms with Crippen molar-refractivity contribution in [2.24, 2.45) is 0 Å². The zero-order chi connectivity index (χ0) is 15.4. The lowest BCUT2D eigenvalue weighted by atomic mass is 10.1. The predicted octanol–water partition coefficient (Wildman–Crippen LogP) is 3.54. The summed E-state index contributed by atoms with van der Waals surface area (Å²) in [5.41, 5.74) is 0.489. The van der Waals surface area contributed by atoms with Gasteiger partial charge >= 0.3 is 0 Å². The maximum absolute atomic E-state index is 12.5. The standard InChI is InChI=1S/C17H23N3O/c1-5-10-18-16-14-9-7-6-8-13(14)11-15(19-16)17(21)20(4)12(2)3/h6-9,11-12H,5,10H2,1-4H3,(H,18,19). The van der Waals surface area contributed by atoms with Crippen LogP contribution in [0.5, 0.6) is 0 Å². The van der Waals surface area contributed by atoms with E-state index in [4.69, 9.17) is 0 Å². The summed E-state index contributed by atoms with van der Waals surface area (Å²) in [5, 5.41) is 5.40. The summed E-state index contributed by atoms with van der Waals surface area (Å²) >= 11 is 0. The van der Waals surface area contributed by atoms with E-state index >= 15 is 0 Å². The van der Waals surface area contributed by atoms with Crippen LogP contribution in [0.15, 0.2) is 30.3 Å². The lowest BCUT2D eigenvalue weighted by molar-refractivity contribution is 0.0749. The Bertz CT molecular complexity index is 637. The first-order chi connectivity index (χ1) is 10.0. The number of carbonyl (C=O) groups excluding carboxylic acids is 1. The van der Waals surface area contributed by atoms with E-state index < -0.39 is 0 Å². The molecule has 2 aromatic rings. The normalized spacial score (nSPS) is 10.9. The molecule has 0 unspecified atom stereocenters. The van der Waals surface area contributed by atoms with Gasteiger partial charge in [-0.2, -0.15) is 0 Å². The number of anilines is 1. The third-order valence-electron chi connectivity index (χ3n) is 3.60. The second-order valence-electron chi connectivity index (χ2n) is 5.51. The predicted molar refractivity (Wildman–Crippen MR) is 87.8 cm³/mol. The number of hydrogen-bond donors (Lipinski definition) is 1. The largest absolute Gasteiger partial charge is 0.370 e. The van der Waals surface area contributed by atoms with Crippen molar-refractivity contribution < 1.29 is 4.79 Å². The number of pyridine rings is 1. The van der Waals surface area contributed by atoms with Crippen molar-refractivity contribution in [1.29, 1.82) is 0 Å². The van der Waals surface area contributed by atoms with E-state index in [1.54, 1.807) is 4.90 Å². The molecule has 0 aliphatic heterocycles. The van der Waals surface area contributed by atoms with Gasteiger partial charge in [0.2, 0.25) is 0 Å². The number of benzene rings is 1. The highest BCUT2D eigenvalue weighted by atomic mass is 16.2. The minimum atomic E-state index is -0.0460. The van der Waals surface area contributed by atoms with E-state index in [9.17, 15) is 4.79 Å². The number of hydrogen-bond acceptors (Lipinski definition) is 3. The molecule has 0 atom stereocenters. The zero-order valence-corrected chi connectivity index (χ0v) is 13.2. The van der Waals surface area contributed by atoms with E-state index in [1.807, 2.05) is 51.2 Å². The van der Waals surface area contributed by atoms with Gasteiger partial charge in [0.1, 0.15) is 11.5 Å². The van der Waals surface area contributed by atoms with Crippen molar-refractivity contribution in [3.05, 3.63) is 36.0 Å². The Balaban J connectivity index is 2.47. The molecule has 0 fully saturated rings. The van der Waals surface area contributed by atoms with Crippen molar-refractivity contribution in [1.82, 2.24) is 9.88 Å². The van der Waals surface area contributed by atoms with Gasteiger partial charge in [-0.05, 0) is 31.7 Å². The molecule has 21 heavy (non-hydrogen) atoms. The highest BCUT2D eigenvalue weighted by Gasteiger charge is 2.17. The van der Waals surface area contributed by atoms with E-state index in [1.165, 1.54) is 0 Å². The summed E-state index contributed by atoms with van der Waals surface area (Å²) in [7, 11) is 1.81. The molecular formula is C17H23N3O. The molecule has 0 radical (unpaired) electrons. The molecule has 0 saturated heterocycles. The van der Waals surface area contributed by atoms with Gasteiger partial charge in [-0.25, -0.2) is 4.98 Å². The second-order valence-corrected chi connectivity index (χ2v) is 5.51. The van der Waals surface area contributed by atoms with Crippen LogP contribution in [-0.2, 0) is 0 Å². The molecule has 2 rings (SSSR count). The van der Waals surface area contributed by atoms with Crippen LogP contribution in [0.1, 0.15) is 37.7 Å². The number of amides is 1. The van der Waals surface area contributed by atoms with Gasteiger partial charge in [-0.15, -0.1) is 0 Å². The molecule has 0 spiro atoms. The first-order valence-electron chi connectivity index (χ1n) is 7.45. The lowest BCUT2D eigenvalue weighted by Crippen LogP contribution is -2.33. The number of rotatable bonds is 5. The maximum Gasteiger partial charge on any atom is 0.272 e. The van der Waals surface area contributed by atoms with Gasteiger partial charge in [-0.1, -0.05) is 31.2 Å². The topological polar surface area (TPSA) is 45.2 Å². The molecule has 1 aromatic heterocycles. The summed E-state index contributed by atoms with van der Waals surface area (Å²) in [6.45, 7) is 6.94. The van der Waals surface area contributed by atoms with E-state index in [0.717, 1.165) is 29.6 Å². The summed E-state index contributed by atoms with van der Waals surface area (Å²) in [6, 6.07) is 10.0. The molecule has 112 valence electrons. The first-order valence-corrected chi connectivity index (χ1v) is 7.45. The Morgan fingerprint density at radius 3 is 2.71 bits per heavy atom. The zero-order valence-electron chi connectivity index (χ0n) is 13.2. The molecule has 1 N–H and O–H groups in total. The number of aromatic nitrogens is 1. The van der Waals surface area contributed by atoms with Gasteiger partial charge in [-0.3, -0.25) is 4.79 Å².